The van der Waals surface area contributed by atoms with Gasteiger partial charge in [0.2, 0.25) is 0 Å². The van der Waals surface area contributed by atoms with Crippen molar-refractivity contribution in [3.05, 3.63) is 59.4 Å². The van der Waals surface area contributed by atoms with E-state index in [2.05, 4.69) is 0 Å². The number of hydrogen-bond acceptors (Lipinski definition) is 3. The summed E-state index contributed by atoms with van der Waals surface area (Å²) in [6.07, 6.45) is -0.366. The zero-order chi connectivity index (χ0) is 16.4. The van der Waals surface area contributed by atoms with Crippen molar-refractivity contribution >= 4 is 11.6 Å². The van der Waals surface area contributed by atoms with E-state index in [-0.39, 0.29) is 12.5 Å². The maximum absolute atomic E-state index is 13.4. The average molecular weight is 315 g/mol. The van der Waals surface area contributed by atoms with Crippen LogP contribution in [0.1, 0.15) is 23.7 Å². The molecule has 1 aliphatic rings. The van der Waals surface area contributed by atoms with Gasteiger partial charge in [0.25, 0.3) is 5.91 Å². The maximum Gasteiger partial charge on any atom is 0.264 e. The molecule has 4 nitrogen and oxygen atoms in total. The highest BCUT2D eigenvalue weighted by Crippen LogP contribution is 2.34. The van der Waals surface area contributed by atoms with Gasteiger partial charge in [-0.15, -0.1) is 0 Å². The number of nitrogens with zero attached hydrogens (tertiary/aromatic N) is 1. The minimum atomic E-state index is -0.747. The van der Waals surface area contributed by atoms with Gasteiger partial charge in [0.05, 0.1) is 6.10 Å². The molecule has 0 aromatic heterocycles. The molecule has 1 N–H and O–H groups in total. The van der Waals surface area contributed by atoms with Crippen LogP contribution in [-0.2, 0) is 4.79 Å². The number of amides is 1. The second-order valence-electron chi connectivity index (χ2n) is 5.65. The molecule has 1 unspecified atom stereocenters. The number of ether oxygens (including phenoxy) is 1. The fraction of sp³-hybridized carbons (Fsp3) is 0.278. The number of benzene rings is 2. The van der Waals surface area contributed by atoms with E-state index in [4.69, 9.17) is 4.74 Å². The number of carbonyl (C=O) groups is 1. The van der Waals surface area contributed by atoms with Crippen molar-refractivity contribution in [3.63, 3.8) is 0 Å². The minimum absolute atomic E-state index is 0.101. The summed E-state index contributed by atoms with van der Waals surface area (Å²) in [4.78, 5) is 14.0. The fourth-order valence-electron chi connectivity index (χ4n) is 2.68. The summed E-state index contributed by atoms with van der Waals surface area (Å²) >= 11 is 0. The van der Waals surface area contributed by atoms with Gasteiger partial charge in [-0.1, -0.05) is 17.7 Å². The highest BCUT2D eigenvalue weighted by molar-refractivity contribution is 5.95. The van der Waals surface area contributed by atoms with Gasteiger partial charge >= 0.3 is 0 Å². The first-order valence-electron chi connectivity index (χ1n) is 7.52. The normalized spacial score (nSPS) is 16.8. The predicted molar refractivity (Wildman–Crippen MR) is 85.0 cm³/mol. The maximum atomic E-state index is 13.4. The van der Waals surface area contributed by atoms with E-state index in [0.29, 0.717) is 30.0 Å². The Bertz CT molecular complexity index is 715. The van der Waals surface area contributed by atoms with Gasteiger partial charge in [0, 0.05) is 17.8 Å². The molecular weight excluding hydrogens is 297 g/mol. The van der Waals surface area contributed by atoms with Gasteiger partial charge in [-0.3, -0.25) is 4.79 Å². The number of anilines is 1. The molecule has 0 fully saturated rings. The SMILES string of the molecule is Cc1ccc(OCC(=O)N2CCC(O)c3cc(F)ccc32)cc1. The molecule has 120 valence electrons. The molecule has 23 heavy (non-hydrogen) atoms. The third kappa shape index (κ3) is 3.35. The van der Waals surface area contributed by atoms with Crippen LogP contribution in [0, 0.1) is 12.7 Å². The molecule has 1 aliphatic heterocycles. The van der Waals surface area contributed by atoms with Crippen molar-refractivity contribution in [2.75, 3.05) is 18.1 Å². The lowest BCUT2D eigenvalue weighted by Gasteiger charge is -2.32. The van der Waals surface area contributed by atoms with Gasteiger partial charge in [-0.2, -0.15) is 0 Å². The summed E-state index contributed by atoms with van der Waals surface area (Å²) in [5.41, 5.74) is 2.10. The number of carbonyl (C=O) groups excluding carboxylic acids is 1. The molecule has 2 aromatic carbocycles. The largest absolute Gasteiger partial charge is 0.484 e. The van der Waals surface area contributed by atoms with E-state index in [1.165, 1.54) is 23.1 Å². The van der Waals surface area contributed by atoms with E-state index in [0.717, 1.165) is 5.56 Å². The van der Waals surface area contributed by atoms with E-state index >= 15 is 0 Å². The van der Waals surface area contributed by atoms with Crippen LogP contribution < -0.4 is 9.64 Å². The molecule has 0 saturated heterocycles. The molecule has 0 bridgehead atoms. The predicted octanol–water partition coefficient (Wildman–Crippen LogP) is 2.98. The van der Waals surface area contributed by atoms with Crippen molar-refractivity contribution in [3.8, 4) is 5.75 Å². The van der Waals surface area contributed by atoms with Crippen LogP contribution in [0.3, 0.4) is 0 Å². The molecule has 0 saturated carbocycles. The standard InChI is InChI=1S/C18H18FNO3/c1-12-2-5-14(6-3-12)23-11-18(22)20-9-8-17(21)15-10-13(19)4-7-16(15)20/h2-7,10,17,21H,8-9,11H2,1H3. The van der Waals surface area contributed by atoms with Crippen LogP contribution in [0.15, 0.2) is 42.5 Å². The lowest BCUT2D eigenvalue weighted by atomic mass is 9.98. The van der Waals surface area contributed by atoms with E-state index in [1.54, 1.807) is 0 Å². The molecular formula is C18H18FNO3. The third-order valence-corrected chi connectivity index (χ3v) is 3.95. The third-order valence-electron chi connectivity index (χ3n) is 3.95. The highest BCUT2D eigenvalue weighted by atomic mass is 19.1. The Morgan fingerprint density at radius 1 is 1.30 bits per heavy atom. The number of halogens is 1. The molecule has 3 rings (SSSR count). The second kappa shape index (κ2) is 6.38. The van der Waals surface area contributed by atoms with Gasteiger partial charge in [-0.05, 0) is 43.7 Å². The van der Waals surface area contributed by atoms with Crippen LogP contribution in [0.4, 0.5) is 10.1 Å². The number of fused-ring (bicyclic) bond motifs is 1. The van der Waals surface area contributed by atoms with E-state index < -0.39 is 11.9 Å². The van der Waals surface area contributed by atoms with Crippen LogP contribution in [0.25, 0.3) is 0 Å². The molecule has 0 aliphatic carbocycles. The Kier molecular flexibility index (Phi) is 4.30. The minimum Gasteiger partial charge on any atom is -0.484 e. The summed E-state index contributed by atoms with van der Waals surface area (Å²) in [6, 6.07) is 11.5. The first kappa shape index (κ1) is 15.5. The van der Waals surface area contributed by atoms with Gasteiger partial charge in [-0.25, -0.2) is 4.39 Å². The van der Waals surface area contributed by atoms with Crippen molar-refractivity contribution in [1.29, 1.82) is 0 Å². The first-order chi connectivity index (χ1) is 11.0. The summed E-state index contributed by atoms with van der Waals surface area (Å²) in [5.74, 6) is -0.0151. The zero-order valence-electron chi connectivity index (χ0n) is 12.8. The van der Waals surface area contributed by atoms with E-state index in [9.17, 15) is 14.3 Å². The Morgan fingerprint density at radius 3 is 2.78 bits per heavy atom. The van der Waals surface area contributed by atoms with Crippen molar-refractivity contribution < 1.29 is 19.0 Å². The molecule has 0 radical (unpaired) electrons. The number of hydrogen-bond donors (Lipinski definition) is 1. The summed E-state index contributed by atoms with van der Waals surface area (Å²) in [5, 5.41) is 9.98. The molecule has 1 heterocycles. The number of aryl methyl sites for hydroxylation is 1. The summed E-state index contributed by atoms with van der Waals surface area (Å²) in [6.45, 7) is 2.26. The Labute approximate surface area is 134 Å². The van der Waals surface area contributed by atoms with Gasteiger partial charge in [0.1, 0.15) is 11.6 Å². The van der Waals surface area contributed by atoms with Crippen LogP contribution in [-0.4, -0.2) is 24.2 Å². The molecule has 1 amide bonds. The monoisotopic (exact) mass is 315 g/mol. The summed E-state index contributed by atoms with van der Waals surface area (Å²) < 4.78 is 18.9. The zero-order valence-corrected chi connectivity index (χ0v) is 12.8. The molecule has 5 heteroatoms. The van der Waals surface area contributed by atoms with Crippen LogP contribution in [0.5, 0.6) is 5.75 Å². The Hall–Kier alpha value is -2.40. The van der Waals surface area contributed by atoms with Gasteiger partial charge < -0.3 is 14.7 Å². The van der Waals surface area contributed by atoms with Gasteiger partial charge in [0.15, 0.2) is 6.61 Å². The molecule has 2 aromatic rings. The number of rotatable bonds is 3. The lowest BCUT2D eigenvalue weighted by molar-refractivity contribution is -0.120. The van der Waals surface area contributed by atoms with E-state index in [1.807, 2.05) is 31.2 Å². The molecule has 1 atom stereocenters. The van der Waals surface area contributed by atoms with Crippen molar-refractivity contribution in [2.45, 2.75) is 19.4 Å². The first-order valence-corrected chi connectivity index (χ1v) is 7.52. The average Bonchev–Trinajstić information content (AvgIpc) is 2.55. The topological polar surface area (TPSA) is 49.8 Å². The Balaban J connectivity index is 1.73. The molecule has 0 spiro atoms. The number of aliphatic hydroxyl groups excluding tert-OH is 1. The van der Waals surface area contributed by atoms with Crippen molar-refractivity contribution in [2.24, 2.45) is 0 Å². The highest BCUT2D eigenvalue weighted by Gasteiger charge is 2.28. The quantitative estimate of drug-likeness (QED) is 0.947. The number of aliphatic hydroxyl groups is 1. The van der Waals surface area contributed by atoms with Crippen molar-refractivity contribution in [1.82, 2.24) is 0 Å². The Morgan fingerprint density at radius 2 is 2.04 bits per heavy atom. The van der Waals surface area contributed by atoms with Crippen LogP contribution in [0.2, 0.25) is 0 Å². The smallest absolute Gasteiger partial charge is 0.264 e. The summed E-state index contributed by atoms with van der Waals surface area (Å²) in [7, 11) is 0. The lowest BCUT2D eigenvalue weighted by Crippen LogP contribution is -2.39. The van der Waals surface area contributed by atoms with Crippen LogP contribution >= 0.6 is 0 Å². The second-order valence-corrected chi connectivity index (χ2v) is 5.65. The fourth-order valence-corrected chi connectivity index (χ4v) is 2.68.